The van der Waals surface area contributed by atoms with Gasteiger partial charge in [0.2, 0.25) is 0 Å². The van der Waals surface area contributed by atoms with Crippen LogP contribution in [0.2, 0.25) is 0 Å². The number of carboxylic acid groups (broad SMARTS) is 3. The van der Waals surface area contributed by atoms with Crippen LogP contribution in [0.3, 0.4) is 0 Å². The number of carboxylic acids is 3. The third-order valence-corrected chi connectivity index (χ3v) is 8.94. The van der Waals surface area contributed by atoms with Gasteiger partial charge < -0.3 is 25.3 Å². The molecule has 0 saturated carbocycles. The summed E-state index contributed by atoms with van der Waals surface area (Å²) in [6, 6.07) is 5.75. The van der Waals surface area contributed by atoms with Gasteiger partial charge in [0.05, 0.1) is 29.1 Å². The van der Waals surface area contributed by atoms with E-state index in [-0.39, 0.29) is 58.6 Å². The molecule has 3 aromatic heterocycles. The molecule has 3 aromatic rings. The highest BCUT2D eigenvalue weighted by atomic mass is 24.3. The Morgan fingerprint density at radius 3 is 2.18 bits per heavy atom. The van der Waals surface area contributed by atoms with Crippen LogP contribution in [0.1, 0.15) is 96.0 Å². The maximum Gasteiger partial charge on any atom is 0.338 e. The lowest BCUT2D eigenvalue weighted by Crippen LogP contribution is -2.13. The summed E-state index contributed by atoms with van der Waals surface area (Å²) in [6.45, 7) is 13.7. The first-order chi connectivity index (χ1) is 20.9. The Labute approximate surface area is 276 Å². The van der Waals surface area contributed by atoms with Gasteiger partial charge in [0.25, 0.3) is 0 Å². The van der Waals surface area contributed by atoms with Crippen LogP contribution >= 0.6 is 0 Å². The number of hydrogen-bond donors (Lipinski definition) is 5. The third-order valence-electron chi connectivity index (χ3n) is 8.94. The van der Waals surface area contributed by atoms with Gasteiger partial charge in [0.15, 0.2) is 0 Å². The molecule has 45 heavy (non-hydrogen) atoms. The van der Waals surface area contributed by atoms with E-state index in [1.165, 1.54) is 0 Å². The number of aliphatic carboxylic acids is 3. The molecule has 0 aliphatic carbocycles. The Hall–Kier alpha value is -4.22. The van der Waals surface area contributed by atoms with E-state index in [1.54, 1.807) is 13.0 Å². The van der Waals surface area contributed by atoms with Crippen molar-refractivity contribution in [1.29, 1.82) is 0 Å². The standard InChI is InChI=1S/C34H36N4O6.Mg.2H/c1-7-19-15(3)23-12-25-17(5)21(9-10-29(39)40)32(37-25)22(11-30(41)42)33-31(34(43)44)18(6)26(38-33)14-28-20(8-2)16(4)24(36-28)13-27(19)35-23;;;/h7,12-14,17,21,35-36H,1,8-11H2,2-6H3,(H,39,40)(H,41,42)(H,43,44);;;/t17-,21-;;;/m0.../s1. The molecule has 5 heterocycles. The molecule has 232 valence electrons. The average Bonchev–Trinajstić information content (AvgIpc) is 3.63. The number of H-pyrrole nitrogens is 2. The highest BCUT2D eigenvalue weighted by molar-refractivity contribution is 6.24. The number of nitrogens with one attached hydrogen (secondary N) is 2. The van der Waals surface area contributed by atoms with Crippen molar-refractivity contribution in [2.24, 2.45) is 0 Å². The van der Waals surface area contributed by atoms with Crippen molar-refractivity contribution >= 4 is 80.2 Å². The van der Waals surface area contributed by atoms with E-state index in [4.69, 9.17) is 9.97 Å². The highest BCUT2D eigenvalue weighted by Gasteiger charge is 2.35. The van der Waals surface area contributed by atoms with Crippen LogP contribution in [0.4, 0.5) is 0 Å². The summed E-state index contributed by atoms with van der Waals surface area (Å²) in [4.78, 5) is 53.2. The smallest absolute Gasteiger partial charge is 0.338 e. The van der Waals surface area contributed by atoms with Gasteiger partial charge in [0, 0.05) is 57.1 Å². The van der Waals surface area contributed by atoms with Gasteiger partial charge in [-0.2, -0.15) is 0 Å². The second-order valence-electron chi connectivity index (χ2n) is 11.5. The number of aryl methyl sites for hydroxylation is 3. The van der Waals surface area contributed by atoms with E-state index < -0.39 is 30.2 Å². The van der Waals surface area contributed by atoms with Crippen LogP contribution < -0.4 is 0 Å². The summed E-state index contributed by atoms with van der Waals surface area (Å²) < 4.78 is 0. The number of fused-ring (bicyclic) bond motifs is 8. The van der Waals surface area contributed by atoms with E-state index in [0.29, 0.717) is 29.1 Å². The molecule has 0 spiro atoms. The molecule has 5 N–H and O–H groups in total. The van der Waals surface area contributed by atoms with Crippen molar-refractivity contribution in [3.8, 4) is 0 Å². The molecule has 0 radical (unpaired) electrons. The van der Waals surface area contributed by atoms with Crippen LogP contribution in [0.15, 0.2) is 24.8 Å². The molecular weight excluding hydrogens is 585 g/mol. The van der Waals surface area contributed by atoms with E-state index >= 15 is 0 Å². The molecule has 2 aliphatic heterocycles. The lowest BCUT2D eigenvalue weighted by molar-refractivity contribution is -0.138. The first kappa shape index (κ1) is 33.7. The lowest BCUT2D eigenvalue weighted by Gasteiger charge is -2.17. The zero-order valence-electron chi connectivity index (χ0n) is 25.5. The molecule has 0 unspecified atom stereocenters. The third kappa shape index (κ3) is 6.06. The largest absolute Gasteiger partial charge is 0.481 e. The monoisotopic (exact) mass is 622 g/mol. The van der Waals surface area contributed by atoms with E-state index in [0.717, 1.165) is 44.3 Å². The second-order valence-corrected chi connectivity index (χ2v) is 11.5. The summed E-state index contributed by atoms with van der Waals surface area (Å²) in [6.07, 6.45) is 2.03. The molecular formula is C34H38MgN4O6. The van der Waals surface area contributed by atoms with Crippen molar-refractivity contribution in [2.75, 3.05) is 0 Å². The van der Waals surface area contributed by atoms with Crippen molar-refractivity contribution in [1.82, 2.24) is 19.9 Å². The molecule has 0 saturated heterocycles. The number of aromatic amines is 2. The normalized spacial score (nSPS) is 15.9. The minimum absolute atomic E-state index is 0. The van der Waals surface area contributed by atoms with Crippen molar-refractivity contribution in [3.05, 3.63) is 75.4 Å². The zero-order valence-corrected chi connectivity index (χ0v) is 25.5. The van der Waals surface area contributed by atoms with Crippen LogP contribution in [0, 0.1) is 13.8 Å². The zero-order chi connectivity index (χ0) is 32.0. The van der Waals surface area contributed by atoms with Crippen LogP contribution in [-0.2, 0) is 27.2 Å². The quantitative estimate of drug-likeness (QED) is 0.202. The molecule has 8 bridgehead atoms. The maximum atomic E-state index is 12.7. The van der Waals surface area contributed by atoms with E-state index in [2.05, 4.69) is 16.5 Å². The van der Waals surface area contributed by atoms with Gasteiger partial charge in [0.1, 0.15) is 0 Å². The molecule has 2 aliphatic rings. The highest BCUT2D eigenvalue weighted by Crippen LogP contribution is 2.43. The van der Waals surface area contributed by atoms with Crippen LogP contribution in [0.25, 0.3) is 39.3 Å². The molecule has 0 fully saturated rings. The van der Waals surface area contributed by atoms with Gasteiger partial charge in [-0.1, -0.05) is 26.5 Å². The van der Waals surface area contributed by atoms with Gasteiger partial charge >= 0.3 is 41.0 Å². The molecule has 11 heteroatoms. The Morgan fingerprint density at radius 2 is 1.58 bits per heavy atom. The molecule has 10 nitrogen and oxygen atoms in total. The Morgan fingerprint density at radius 1 is 0.911 bits per heavy atom. The fourth-order valence-corrected chi connectivity index (χ4v) is 6.53. The number of rotatable bonds is 8. The maximum absolute atomic E-state index is 12.7. The van der Waals surface area contributed by atoms with Crippen LogP contribution in [-0.4, -0.2) is 76.2 Å². The first-order valence-electron chi connectivity index (χ1n) is 14.6. The summed E-state index contributed by atoms with van der Waals surface area (Å²) in [5.41, 5.74) is 9.23. The SMILES string of the molecule is C=Cc1c(C)c2cc3nc(c(CC(=O)O)c4nc(cc5[nH]c(cc1[nH]2)c(C)c5CC)C(C)=C4C(=O)O)[C@@H](CCC(=O)O)[C@@H]3C.[MgH2]. The molecule has 0 aromatic carbocycles. The number of hydrogen-bond acceptors (Lipinski definition) is 5. The number of carbonyl (C=O) groups is 3. The van der Waals surface area contributed by atoms with Crippen molar-refractivity contribution in [3.63, 3.8) is 0 Å². The predicted molar refractivity (Wildman–Crippen MR) is 178 cm³/mol. The van der Waals surface area contributed by atoms with E-state index in [9.17, 15) is 29.7 Å². The van der Waals surface area contributed by atoms with Gasteiger partial charge in [-0.05, 0) is 74.1 Å². The minimum Gasteiger partial charge on any atom is -0.481 e. The predicted octanol–water partition coefficient (Wildman–Crippen LogP) is 5.62. The Balaban J connectivity index is 0.00000461. The summed E-state index contributed by atoms with van der Waals surface area (Å²) in [5, 5.41) is 29.9. The number of allylic oxidation sites excluding steroid dienone is 1. The van der Waals surface area contributed by atoms with Crippen molar-refractivity contribution < 1.29 is 29.7 Å². The number of nitrogens with zero attached hydrogens (tertiary/aromatic N) is 2. The molecule has 5 rings (SSSR count). The van der Waals surface area contributed by atoms with Crippen LogP contribution in [0.5, 0.6) is 0 Å². The minimum atomic E-state index is -1.23. The summed E-state index contributed by atoms with van der Waals surface area (Å²) in [5.74, 6) is -4.13. The fourth-order valence-electron chi connectivity index (χ4n) is 6.53. The first-order valence-corrected chi connectivity index (χ1v) is 14.6. The summed E-state index contributed by atoms with van der Waals surface area (Å²) in [7, 11) is 0. The second kappa shape index (κ2) is 13.0. The van der Waals surface area contributed by atoms with E-state index in [1.807, 2.05) is 45.9 Å². The Bertz CT molecular complexity index is 1950. The van der Waals surface area contributed by atoms with Crippen molar-refractivity contribution in [2.45, 2.75) is 72.1 Å². The topological polar surface area (TPSA) is 169 Å². The molecule has 0 amide bonds. The Kier molecular flexibility index (Phi) is 9.74. The average molecular weight is 623 g/mol. The lowest BCUT2D eigenvalue weighted by atomic mass is 9.84. The molecule has 2 atom stereocenters. The van der Waals surface area contributed by atoms with Gasteiger partial charge in [-0.25, -0.2) is 9.78 Å². The van der Waals surface area contributed by atoms with Gasteiger partial charge in [-0.15, -0.1) is 0 Å². The van der Waals surface area contributed by atoms with Gasteiger partial charge in [-0.3, -0.25) is 14.6 Å². The number of aromatic nitrogens is 4. The summed E-state index contributed by atoms with van der Waals surface area (Å²) >= 11 is 0. The fraction of sp³-hybridized carbons (Fsp3) is 0.324.